The topological polar surface area (TPSA) is 53.5 Å². The van der Waals surface area contributed by atoms with Crippen molar-refractivity contribution >= 4 is 34.8 Å². The van der Waals surface area contributed by atoms with Gasteiger partial charge in [0, 0.05) is 49.1 Å². The van der Waals surface area contributed by atoms with Crippen LogP contribution in [0.1, 0.15) is 17.4 Å². The highest BCUT2D eigenvalue weighted by molar-refractivity contribution is 7.13. The molecule has 5 nitrogen and oxygen atoms in total. The molecule has 1 aromatic heterocycles. The van der Waals surface area contributed by atoms with Gasteiger partial charge in [-0.2, -0.15) is 0 Å². The normalized spacial score (nSPS) is 14.9. The van der Waals surface area contributed by atoms with Crippen LogP contribution in [0.3, 0.4) is 0 Å². The van der Waals surface area contributed by atoms with Gasteiger partial charge in [-0.25, -0.2) is 4.98 Å². The molecule has 1 saturated heterocycles. The molecule has 0 atom stereocenters. The van der Waals surface area contributed by atoms with E-state index in [1.807, 2.05) is 12.1 Å². The second-order valence-corrected chi connectivity index (χ2v) is 6.64. The van der Waals surface area contributed by atoms with Crippen LogP contribution in [0.25, 0.3) is 10.6 Å². The average Bonchev–Trinajstić information content (AvgIpc) is 3.05. The van der Waals surface area contributed by atoms with Crippen molar-refractivity contribution in [3.8, 4) is 10.6 Å². The molecular formula is C16H16ClN3O2S. The molecule has 2 heterocycles. The molecule has 7 heteroatoms. The lowest BCUT2D eigenvalue weighted by Gasteiger charge is -2.33. The van der Waals surface area contributed by atoms with Gasteiger partial charge in [0.05, 0.1) is 0 Å². The first kappa shape index (κ1) is 16.0. The monoisotopic (exact) mass is 349 g/mol. The number of benzene rings is 1. The third kappa shape index (κ3) is 3.54. The molecule has 2 aromatic rings. The van der Waals surface area contributed by atoms with Crippen molar-refractivity contribution in [2.75, 3.05) is 26.2 Å². The van der Waals surface area contributed by atoms with Crippen LogP contribution in [0.2, 0.25) is 5.02 Å². The summed E-state index contributed by atoms with van der Waals surface area (Å²) in [6.45, 7) is 3.80. The van der Waals surface area contributed by atoms with E-state index in [9.17, 15) is 9.59 Å². The molecule has 0 saturated carbocycles. The van der Waals surface area contributed by atoms with E-state index in [1.54, 1.807) is 34.2 Å². The summed E-state index contributed by atoms with van der Waals surface area (Å²) >= 11 is 7.32. The molecule has 0 unspecified atom stereocenters. The first-order valence-corrected chi connectivity index (χ1v) is 8.56. The number of rotatable bonds is 2. The first-order valence-electron chi connectivity index (χ1n) is 7.31. The van der Waals surface area contributed by atoms with E-state index in [0.29, 0.717) is 36.9 Å². The van der Waals surface area contributed by atoms with Gasteiger partial charge in [-0.05, 0) is 12.1 Å². The fourth-order valence-electron chi connectivity index (χ4n) is 2.48. The van der Waals surface area contributed by atoms with Gasteiger partial charge in [0.15, 0.2) is 0 Å². The fraction of sp³-hybridized carbons (Fsp3) is 0.312. The molecule has 1 fully saturated rings. The summed E-state index contributed by atoms with van der Waals surface area (Å²) < 4.78 is 0. The minimum Gasteiger partial charge on any atom is -0.339 e. The highest BCUT2D eigenvalue weighted by Crippen LogP contribution is 2.25. The van der Waals surface area contributed by atoms with Crippen LogP contribution in [-0.4, -0.2) is 52.8 Å². The summed E-state index contributed by atoms with van der Waals surface area (Å²) in [5, 5.41) is 3.25. The van der Waals surface area contributed by atoms with Gasteiger partial charge in [-0.3, -0.25) is 9.59 Å². The summed E-state index contributed by atoms with van der Waals surface area (Å²) in [5.74, 6) is -0.0274. The number of nitrogens with zero attached hydrogens (tertiary/aromatic N) is 3. The molecule has 2 amide bonds. The lowest BCUT2D eigenvalue weighted by Crippen LogP contribution is -2.50. The van der Waals surface area contributed by atoms with E-state index in [4.69, 9.17) is 11.6 Å². The van der Waals surface area contributed by atoms with Crippen molar-refractivity contribution < 1.29 is 9.59 Å². The largest absolute Gasteiger partial charge is 0.339 e. The van der Waals surface area contributed by atoms with Crippen molar-refractivity contribution in [2.45, 2.75) is 6.92 Å². The Balaban J connectivity index is 1.69. The van der Waals surface area contributed by atoms with E-state index in [-0.39, 0.29) is 11.8 Å². The minimum absolute atomic E-state index is 0.0516. The Kier molecular flexibility index (Phi) is 4.63. The zero-order valence-electron chi connectivity index (χ0n) is 12.7. The van der Waals surface area contributed by atoms with Crippen LogP contribution in [0.5, 0.6) is 0 Å². The van der Waals surface area contributed by atoms with Crippen LogP contribution in [-0.2, 0) is 4.79 Å². The van der Waals surface area contributed by atoms with Gasteiger partial charge >= 0.3 is 0 Å². The Morgan fingerprint density at radius 1 is 1.09 bits per heavy atom. The quantitative estimate of drug-likeness (QED) is 0.837. The van der Waals surface area contributed by atoms with Crippen LogP contribution in [0, 0.1) is 0 Å². The maximum Gasteiger partial charge on any atom is 0.273 e. The molecule has 120 valence electrons. The third-order valence-electron chi connectivity index (χ3n) is 3.83. The number of thiazole rings is 1. The molecular weight excluding hydrogens is 334 g/mol. The van der Waals surface area contributed by atoms with Crippen LogP contribution >= 0.6 is 22.9 Å². The fourth-order valence-corrected chi connectivity index (χ4v) is 3.41. The number of halogens is 1. The predicted molar refractivity (Wildman–Crippen MR) is 90.7 cm³/mol. The van der Waals surface area contributed by atoms with E-state index in [2.05, 4.69) is 4.98 Å². The van der Waals surface area contributed by atoms with Gasteiger partial charge < -0.3 is 9.80 Å². The van der Waals surface area contributed by atoms with E-state index < -0.39 is 0 Å². The number of hydrogen-bond donors (Lipinski definition) is 0. The van der Waals surface area contributed by atoms with Crippen molar-refractivity contribution in [2.24, 2.45) is 0 Å². The van der Waals surface area contributed by atoms with Crippen molar-refractivity contribution in [1.29, 1.82) is 0 Å². The maximum absolute atomic E-state index is 12.5. The van der Waals surface area contributed by atoms with E-state index in [1.165, 1.54) is 11.3 Å². The van der Waals surface area contributed by atoms with Gasteiger partial charge in [0.25, 0.3) is 5.91 Å². The SMILES string of the molecule is CC(=O)N1CCN(C(=O)c2csc(-c3ccc(Cl)cc3)n2)CC1. The summed E-state index contributed by atoms with van der Waals surface area (Å²) in [5.41, 5.74) is 1.40. The minimum atomic E-state index is -0.0790. The van der Waals surface area contributed by atoms with Crippen molar-refractivity contribution in [3.63, 3.8) is 0 Å². The van der Waals surface area contributed by atoms with Gasteiger partial charge in [0.1, 0.15) is 10.7 Å². The van der Waals surface area contributed by atoms with Gasteiger partial charge in [-0.15, -0.1) is 11.3 Å². The number of carbonyl (C=O) groups excluding carboxylic acids is 2. The Morgan fingerprint density at radius 2 is 1.70 bits per heavy atom. The molecule has 1 aromatic carbocycles. The van der Waals surface area contributed by atoms with Crippen LogP contribution < -0.4 is 0 Å². The maximum atomic E-state index is 12.5. The zero-order valence-corrected chi connectivity index (χ0v) is 14.2. The summed E-state index contributed by atoms with van der Waals surface area (Å²) in [6.07, 6.45) is 0. The Bertz CT molecular complexity index is 721. The molecule has 1 aliphatic heterocycles. The second-order valence-electron chi connectivity index (χ2n) is 5.34. The number of carbonyl (C=O) groups is 2. The van der Waals surface area contributed by atoms with Crippen LogP contribution in [0.4, 0.5) is 0 Å². The van der Waals surface area contributed by atoms with Crippen molar-refractivity contribution in [3.05, 3.63) is 40.4 Å². The molecule has 0 aliphatic carbocycles. The first-order chi connectivity index (χ1) is 11.0. The lowest BCUT2D eigenvalue weighted by atomic mass is 10.2. The molecule has 0 spiro atoms. The Labute approximate surface area is 143 Å². The second kappa shape index (κ2) is 6.68. The van der Waals surface area contributed by atoms with Gasteiger partial charge in [0.2, 0.25) is 5.91 Å². The highest BCUT2D eigenvalue weighted by Gasteiger charge is 2.24. The molecule has 0 bridgehead atoms. The average molecular weight is 350 g/mol. The van der Waals surface area contributed by atoms with Crippen molar-refractivity contribution in [1.82, 2.24) is 14.8 Å². The standard InChI is InChI=1S/C16H16ClN3O2S/c1-11(21)19-6-8-20(9-7-19)16(22)14-10-23-15(18-14)12-2-4-13(17)5-3-12/h2-5,10H,6-9H2,1H3. The Morgan fingerprint density at radius 3 is 2.30 bits per heavy atom. The number of aromatic nitrogens is 1. The van der Waals surface area contributed by atoms with E-state index >= 15 is 0 Å². The Hall–Kier alpha value is -1.92. The summed E-state index contributed by atoms with van der Waals surface area (Å²) in [6, 6.07) is 7.39. The lowest BCUT2D eigenvalue weighted by molar-refractivity contribution is -0.130. The smallest absolute Gasteiger partial charge is 0.273 e. The highest BCUT2D eigenvalue weighted by atomic mass is 35.5. The zero-order chi connectivity index (χ0) is 16.4. The van der Waals surface area contributed by atoms with E-state index in [0.717, 1.165) is 10.6 Å². The number of piperazine rings is 1. The molecule has 0 N–H and O–H groups in total. The summed E-state index contributed by atoms with van der Waals surface area (Å²) in [4.78, 5) is 31.8. The number of hydrogen-bond acceptors (Lipinski definition) is 4. The molecule has 23 heavy (non-hydrogen) atoms. The van der Waals surface area contributed by atoms with Gasteiger partial charge in [-0.1, -0.05) is 23.7 Å². The molecule has 3 rings (SSSR count). The third-order valence-corrected chi connectivity index (χ3v) is 4.97. The molecule has 1 aliphatic rings. The van der Waals surface area contributed by atoms with Crippen LogP contribution in [0.15, 0.2) is 29.6 Å². The number of amides is 2. The molecule has 0 radical (unpaired) electrons. The summed E-state index contributed by atoms with van der Waals surface area (Å²) in [7, 11) is 0. The predicted octanol–water partition coefficient (Wildman–Crippen LogP) is 2.77.